The number of aliphatic carboxylic acids is 2. The van der Waals surface area contributed by atoms with Gasteiger partial charge >= 0.3 is 19.5 Å². The molecule has 0 spiro atoms. The van der Waals surface area contributed by atoms with Crippen LogP contribution in [0.25, 0.3) is 11.5 Å². The van der Waals surface area contributed by atoms with E-state index in [1.165, 1.54) is 0 Å². The molecular formula is C20H34N4O6Zn-2. The van der Waals surface area contributed by atoms with Gasteiger partial charge < -0.3 is 31.3 Å². The topological polar surface area (TPSA) is 174 Å². The molecule has 0 atom stereocenters. The van der Waals surface area contributed by atoms with E-state index in [0.29, 0.717) is 0 Å². The molecule has 11 heteroatoms. The fraction of sp³-hybridized carbons (Fsp3) is 0.900. The summed E-state index contributed by atoms with van der Waals surface area (Å²) in [5, 5.41) is 47.5. The Kier molecular flexibility index (Phi) is 8.74. The second-order valence-corrected chi connectivity index (χ2v) is 11.3. The molecule has 2 aliphatic rings. The van der Waals surface area contributed by atoms with Gasteiger partial charge in [-0.2, -0.15) is 0 Å². The summed E-state index contributed by atoms with van der Waals surface area (Å²) in [6.07, 6.45) is -0.0188. The van der Waals surface area contributed by atoms with Crippen LogP contribution < -0.4 is 10.2 Å². The van der Waals surface area contributed by atoms with Crippen LogP contribution >= 0.6 is 0 Å². The van der Waals surface area contributed by atoms with Gasteiger partial charge in [0.05, 0.1) is 0 Å². The molecule has 174 valence electrons. The third-order valence-corrected chi connectivity index (χ3v) is 5.92. The van der Waals surface area contributed by atoms with E-state index in [0.717, 1.165) is 10.1 Å². The van der Waals surface area contributed by atoms with Gasteiger partial charge in [0.15, 0.2) is 0 Å². The minimum absolute atomic E-state index is 0. The number of hydrogen-bond acceptors (Lipinski definition) is 6. The van der Waals surface area contributed by atoms with Gasteiger partial charge in [-0.3, -0.25) is 0 Å². The zero-order chi connectivity index (χ0) is 24.1. The molecule has 0 aliphatic carbocycles. The number of nitrogens with one attached hydrogen (secondary N) is 2. The molecule has 0 aromatic heterocycles. The molecule has 0 aromatic carbocycles. The smallest absolute Gasteiger partial charge is 0.667 e. The van der Waals surface area contributed by atoms with Crippen LogP contribution in [0.15, 0.2) is 0 Å². The third-order valence-electron chi connectivity index (χ3n) is 5.92. The van der Waals surface area contributed by atoms with Crippen LogP contribution in [0.3, 0.4) is 0 Å². The van der Waals surface area contributed by atoms with Gasteiger partial charge in [0.2, 0.25) is 0 Å². The number of carboxylic acids is 2. The second-order valence-electron chi connectivity index (χ2n) is 11.3. The molecule has 2 N–H and O–H groups in total. The SMILES string of the molecule is CC1(C)CC([NH-])(C(=O)[O-])CC(C)(C)N1[O].CC1(C)CC([NH-])(C(=O)[O-])CC(C)(C)N1[O].[Zn+2]. The Labute approximate surface area is 197 Å². The summed E-state index contributed by atoms with van der Waals surface area (Å²) in [5.41, 5.74) is 9.01. The van der Waals surface area contributed by atoms with Gasteiger partial charge in [0.1, 0.15) is 0 Å². The maximum atomic E-state index is 11.9. The molecule has 2 saturated heterocycles. The Balaban J connectivity index is 0.000000562. The maximum Gasteiger partial charge on any atom is 2.00 e. The maximum absolute atomic E-state index is 11.9. The summed E-state index contributed by atoms with van der Waals surface area (Å²) in [6, 6.07) is 0. The van der Waals surface area contributed by atoms with Crippen LogP contribution in [0.4, 0.5) is 0 Å². The van der Waals surface area contributed by atoms with Crippen molar-refractivity contribution < 1.29 is 49.7 Å². The molecule has 31 heavy (non-hydrogen) atoms. The van der Waals surface area contributed by atoms with Crippen LogP contribution in [0, 0.1) is 0 Å². The van der Waals surface area contributed by atoms with Crippen molar-refractivity contribution in [2.75, 3.05) is 0 Å². The first-order valence-electron chi connectivity index (χ1n) is 9.90. The molecule has 10 nitrogen and oxygen atoms in total. The van der Waals surface area contributed by atoms with E-state index >= 15 is 0 Å². The summed E-state index contributed by atoms with van der Waals surface area (Å²) in [4.78, 5) is 21.9. The van der Waals surface area contributed by atoms with Crippen molar-refractivity contribution in [2.45, 2.75) is 114 Å². The number of carbonyl (C=O) groups excluding carboxylic acids is 2. The van der Waals surface area contributed by atoms with Gasteiger partial charge in [0.25, 0.3) is 0 Å². The molecule has 2 aliphatic heterocycles. The fourth-order valence-electron chi connectivity index (χ4n) is 5.29. The van der Waals surface area contributed by atoms with E-state index in [9.17, 15) is 30.2 Å². The summed E-state index contributed by atoms with van der Waals surface area (Å²) >= 11 is 0. The monoisotopic (exact) mass is 490 g/mol. The zero-order valence-corrected chi connectivity index (χ0v) is 22.8. The van der Waals surface area contributed by atoms with Crippen molar-refractivity contribution in [2.24, 2.45) is 0 Å². The predicted octanol–water partition coefficient (Wildman–Crippen LogP) is 1.05. The Morgan fingerprint density at radius 1 is 0.613 bits per heavy atom. The summed E-state index contributed by atoms with van der Waals surface area (Å²) < 4.78 is 0. The van der Waals surface area contributed by atoms with E-state index < -0.39 is 45.2 Å². The van der Waals surface area contributed by atoms with Crippen molar-refractivity contribution in [1.82, 2.24) is 10.1 Å². The minimum atomic E-state index is -1.66. The number of carbonyl (C=O) groups is 2. The van der Waals surface area contributed by atoms with E-state index in [1.807, 2.05) is 0 Å². The van der Waals surface area contributed by atoms with Gasteiger partial charge in [0, 0.05) is 34.1 Å². The van der Waals surface area contributed by atoms with Gasteiger partial charge in [-0.05, 0) is 81.1 Å². The molecule has 0 bridgehead atoms. The van der Waals surface area contributed by atoms with E-state index in [1.54, 1.807) is 55.4 Å². The molecular weight excluding hydrogens is 458 g/mol. The fourth-order valence-corrected chi connectivity index (χ4v) is 5.29. The molecule has 2 radical (unpaired) electrons. The second kappa shape index (κ2) is 8.93. The van der Waals surface area contributed by atoms with Gasteiger partial charge in [-0.15, -0.1) is 20.5 Å². The summed E-state index contributed by atoms with van der Waals surface area (Å²) in [6.45, 7) is 13.3. The van der Waals surface area contributed by atoms with Gasteiger partial charge in [-0.1, -0.05) is 11.1 Å². The Hall–Kier alpha value is -0.677. The summed E-state index contributed by atoms with van der Waals surface area (Å²) in [7, 11) is 0. The van der Waals surface area contributed by atoms with Crippen LogP contribution in [0.2, 0.25) is 0 Å². The average Bonchev–Trinajstić information content (AvgIpc) is 2.49. The van der Waals surface area contributed by atoms with Crippen molar-refractivity contribution in [3.05, 3.63) is 11.5 Å². The first-order chi connectivity index (χ1) is 13.0. The van der Waals surface area contributed by atoms with Crippen LogP contribution in [0.1, 0.15) is 81.1 Å². The van der Waals surface area contributed by atoms with E-state index in [4.69, 9.17) is 11.5 Å². The number of nitrogens with zero attached hydrogens (tertiary/aromatic N) is 2. The van der Waals surface area contributed by atoms with Crippen LogP contribution in [-0.2, 0) is 39.5 Å². The molecule has 0 saturated carbocycles. The quantitative estimate of drug-likeness (QED) is 0.521. The van der Waals surface area contributed by atoms with Crippen molar-refractivity contribution in [3.63, 3.8) is 0 Å². The van der Waals surface area contributed by atoms with Gasteiger partial charge in [-0.25, -0.2) is 0 Å². The largest absolute Gasteiger partial charge is 2.00 e. The Bertz CT molecular complexity index is 601. The first-order valence-corrected chi connectivity index (χ1v) is 9.90. The standard InChI is InChI=1S/2C10H18N2O3.Zn/c2*1-8(2)5-10(11,7(13)14)6-9(3,4)12(8)15;/h2*11H,5-6H2,1-4H3,(H,13,14);/q2*-1;+2/p-2. The molecule has 2 rings (SSSR count). The van der Waals surface area contributed by atoms with E-state index in [-0.39, 0.29) is 45.2 Å². The number of rotatable bonds is 2. The number of piperidine rings is 2. The molecule has 2 heterocycles. The number of carboxylic acid groups (broad SMARTS) is 2. The minimum Gasteiger partial charge on any atom is -0.667 e. The molecule has 2 fully saturated rings. The number of hydrogen-bond donors (Lipinski definition) is 0. The Morgan fingerprint density at radius 3 is 0.903 bits per heavy atom. The molecule has 0 aromatic rings. The predicted molar refractivity (Wildman–Crippen MR) is 104 cm³/mol. The van der Waals surface area contributed by atoms with Crippen molar-refractivity contribution in [1.29, 1.82) is 0 Å². The van der Waals surface area contributed by atoms with Crippen LogP contribution in [-0.4, -0.2) is 55.3 Å². The molecule has 0 unspecified atom stereocenters. The third kappa shape index (κ3) is 6.22. The van der Waals surface area contributed by atoms with E-state index in [2.05, 4.69) is 0 Å². The normalized spacial score (nSPS) is 27.7. The first kappa shape index (κ1) is 30.3. The summed E-state index contributed by atoms with van der Waals surface area (Å²) in [5.74, 6) is -2.78. The van der Waals surface area contributed by atoms with Crippen molar-refractivity contribution >= 4 is 11.9 Å². The Morgan fingerprint density at radius 2 is 0.774 bits per heavy atom. The van der Waals surface area contributed by atoms with Crippen LogP contribution in [0.5, 0.6) is 0 Å². The molecule has 0 amide bonds. The average molecular weight is 492 g/mol. The van der Waals surface area contributed by atoms with Crippen molar-refractivity contribution in [3.8, 4) is 0 Å². The zero-order valence-electron chi connectivity index (χ0n) is 19.9. The number of hydroxylamine groups is 4.